The van der Waals surface area contributed by atoms with E-state index in [0.717, 1.165) is 23.4 Å². The molecule has 3 N–H and O–H groups in total. The van der Waals surface area contributed by atoms with Crippen LogP contribution in [0.25, 0.3) is 0 Å². The molecule has 0 aliphatic heterocycles. The van der Waals surface area contributed by atoms with E-state index in [1.54, 1.807) is 18.2 Å². The number of hydrogen-bond donors (Lipinski definition) is 3. The number of nitrogens with one attached hydrogen (secondary N) is 3. The van der Waals surface area contributed by atoms with E-state index >= 15 is 0 Å². The van der Waals surface area contributed by atoms with Crippen molar-refractivity contribution >= 4 is 28.9 Å². The highest BCUT2D eigenvalue weighted by molar-refractivity contribution is 6.04. The molecular weight excluding hydrogens is 402 g/mol. The molecule has 0 radical (unpaired) electrons. The molecule has 3 rings (SSSR count). The number of ether oxygens (including phenoxy) is 1. The fourth-order valence-corrected chi connectivity index (χ4v) is 3.01. The Morgan fingerprint density at radius 3 is 2.31 bits per heavy atom. The Morgan fingerprint density at radius 1 is 0.875 bits per heavy atom. The van der Waals surface area contributed by atoms with E-state index in [2.05, 4.69) is 22.9 Å². The lowest BCUT2D eigenvalue weighted by molar-refractivity contribution is -0.114. The molecule has 0 saturated heterocycles. The van der Waals surface area contributed by atoms with E-state index in [9.17, 15) is 9.59 Å². The lowest BCUT2D eigenvalue weighted by Crippen LogP contribution is -2.21. The van der Waals surface area contributed by atoms with Gasteiger partial charge in [0.15, 0.2) is 0 Å². The van der Waals surface area contributed by atoms with Crippen LogP contribution in [0, 0.1) is 6.92 Å². The zero-order valence-corrected chi connectivity index (χ0v) is 18.6. The summed E-state index contributed by atoms with van der Waals surface area (Å²) in [6.07, 6.45) is 1.03. The summed E-state index contributed by atoms with van der Waals surface area (Å²) in [4.78, 5) is 24.7. The molecule has 0 aliphatic rings. The van der Waals surface area contributed by atoms with Crippen molar-refractivity contribution in [3.8, 4) is 5.75 Å². The predicted octanol–water partition coefficient (Wildman–Crippen LogP) is 5.48. The zero-order chi connectivity index (χ0) is 22.9. The fraction of sp³-hybridized carbons (Fsp3) is 0.231. The Kier molecular flexibility index (Phi) is 7.86. The third kappa shape index (κ3) is 6.87. The van der Waals surface area contributed by atoms with Gasteiger partial charge in [0.2, 0.25) is 5.91 Å². The van der Waals surface area contributed by atoms with E-state index in [1.165, 1.54) is 0 Å². The third-order valence-electron chi connectivity index (χ3n) is 4.91. The first-order chi connectivity index (χ1) is 15.4. The Bertz CT molecular complexity index is 1060. The molecule has 1 unspecified atom stereocenters. The van der Waals surface area contributed by atoms with Crippen LogP contribution in [0.1, 0.15) is 36.2 Å². The van der Waals surface area contributed by atoms with Gasteiger partial charge in [-0.2, -0.15) is 0 Å². The maximum atomic E-state index is 12.4. The van der Waals surface area contributed by atoms with Crippen LogP contribution >= 0.6 is 0 Å². The minimum absolute atomic E-state index is 0.117. The number of amides is 2. The van der Waals surface area contributed by atoms with Gasteiger partial charge in [0.05, 0.1) is 12.6 Å². The van der Waals surface area contributed by atoms with Crippen LogP contribution < -0.4 is 20.7 Å². The number of hydrogen-bond acceptors (Lipinski definition) is 4. The van der Waals surface area contributed by atoms with Crippen LogP contribution in [0.4, 0.5) is 17.1 Å². The SMILES string of the molecule is CCC(C)Oc1cccc(NC(=O)CNc2ccc(NC(=O)c3cccc(C)c3)cc2)c1. The van der Waals surface area contributed by atoms with Crippen LogP contribution in [-0.2, 0) is 4.79 Å². The van der Waals surface area contributed by atoms with Crippen molar-refractivity contribution in [3.63, 3.8) is 0 Å². The van der Waals surface area contributed by atoms with Gasteiger partial charge < -0.3 is 20.7 Å². The molecule has 3 aromatic rings. The van der Waals surface area contributed by atoms with Crippen molar-refractivity contribution in [1.29, 1.82) is 0 Å². The molecule has 1 atom stereocenters. The monoisotopic (exact) mass is 431 g/mol. The molecule has 2 amide bonds. The van der Waals surface area contributed by atoms with Gasteiger partial charge in [-0.25, -0.2) is 0 Å². The van der Waals surface area contributed by atoms with E-state index in [0.29, 0.717) is 16.9 Å². The van der Waals surface area contributed by atoms with Crippen LogP contribution in [-0.4, -0.2) is 24.5 Å². The number of carbonyl (C=O) groups excluding carboxylic acids is 2. The normalized spacial score (nSPS) is 11.3. The summed E-state index contributed by atoms with van der Waals surface area (Å²) in [7, 11) is 0. The molecule has 0 bridgehead atoms. The maximum Gasteiger partial charge on any atom is 0.255 e. The molecular formula is C26H29N3O3. The highest BCUT2D eigenvalue weighted by atomic mass is 16.5. The minimum atomic E-state index is -0.164. The van der Waals surface area contributed by atoms with Gasteiger partial charge in [0.25, 0.3) is 5.91 Å². The van der Waals surface area contributed by atoms with Gasteiger partial charge in [0.1, 0.15) is 5.75 Å². The smallest absolute Gasteiger partial charge is 0.255 e. The Hall–Kier alpha value is -3.80. The number of anilines is 3. The molecule has 0 heterocycles. The number of benzene rings is 3. The van der Waals surface area contributed by atoms with Crippen molar-refractivity contribution in [2.75, 3.05) is 22.5 Å². The first kappa shape index (κ1) is 22.9. The molecule has 0 aliphatic carbocycles. The van der Waals surface area contributed by atoms with Crippen LogP contribution in [0.3, 0.4) is 0 Å². The first-order valence-corrected chi connectivity index (χ1v) is 10.7. The van der Waals surface area contributed by atoms with Crippen molar-refractivity contribution in [3.05, 3.63) is 83.9 Å². The van der Waals surface area contributed by atoms with Crippen molar-refractivity contribution in [1.82, 2.24) is 0 Å². The largest absolute Gasteiger partial charge is 0.491 e. The molecule has 0 aromatic heterocycles. The Labute approximate surface area is 189 Å². The summed E-state index contributed by atoms with van der Waals surface area (Å²) in [5.74, 6) is 0.407. The van der Waals surface area contributed by atoms with Crippen LogP contribution in [0.2, 0.25) is 0 Å². The first-order valence-electron chi connectivity index (χ1n) is 10.7. The average molecular weight is 432 g/mol. The fourth-order valence-electron chi connectivity index (χ4n) is 3.01. The van der Waals surface area contributed by atoms with E-state index in [4.69, 9.17) is 4.74 Å². The van der Waals surface area contributed by atoms with Gasteiger partial charge in [-0.3, -0.25) is 9.59 Å². The third-order valence-corrected chi connectivity index (χ3v) is 4.91. The predicted molar refractivity (Wildman–Crippen MR) is 130 cm³/mol. The standard InChI is InChI=1S/C26H29N3O3/c1-4-19(3)32-24-10-6-9-23(16-24)28-25(30)17-27-21-11-13-22(14-12-21)29-26(31)20-8-5-7-18(2)15-20/h5-16,19,27H,4,17H2,1-3H3,(H,28,30)(H,29,31). The topological polar surface area (TPSA) is 79.5 Å². The highest BCUT2D eigenvalue weighted by Gasteiger charge is 2.08. The lowest BCUT2D eigenvalue weighted by atomic mass is 10.1. The molecule has 0 fully saturated rings. The van der Waals surface area contributed by atoms with Crippen molar-refractivity contribution in [2.45, 2.75) is 33.3 Å². The molecule has 6 heteroatoms. The van der Waals surface area contributed by atoms with Gasteiger partial charge >= 0.3 is 0 Å². The van der Waals surface area contributed by atoms with Crippen LogP contribution in [0.15, 0.2) is 72.8 Å². The lowest BCUT2D eigenvalue weighted by Gasteiger charge is -2.14. The summed E-state index contributed by atoms with van der Waals surface area (Å²) < 4.78 is 5.79. The van der Waals surface area contributed by atoms with Gasteiger partial charge in [-0.05, 0) is 68.8 Å². The molecule has 32 heavy (non-hydrogen) atoms. The molecule has 166 valence electrons. The number of aryl methyl sites for hydroxylation is 1. The second-order valence-electron chi connectivity index (χ2n) is 7.67. The van der Waals surface area contributed by atoms with Crippen molar-refractivity contribution < 1.29 is 14.3 Å². The second kappa shape index (κ2) is 11.0. The molecule has 0 saturated carbocycles. The van der Waals surface area contributed by atoms with E-state index in [-0.39, 0.29) is 24.5 Å². The summed E-state index contributed by atoms with van der Waals surface area (Å²) in [6.45, 7) is 6.14. The summed E-state index contributed by atoms with van der Waals surface area (Å²) in [5.41, 5.74) is 3.80. The van der Waals surface area contributed by atoms with Gasteiger partial charge in [0, 0.05) is 28.7 Å². The highest BCUT2D eigenvalue weighted by Crippen LogP contribution is 2.19. The maximum absolute atomic E-state index is 12.4. The zero-order valence-electron chi connectivity index (χ0n) is 18.6. The summed E-state index contributed by atoms with van der Waals surface area (Å²) >= 11 is 0. The minimum Gasteiger partial charge on any atom is -0.491 e. The Balaban J connectivity index is 1.49. The average Bonchev–Trinajstić information content (AvgIpc) is 2.78. The molecule has 3 aromatic carbocycles. The van der Waals surface area contributed by atoms with Gasteiger partial charge in [-0.15, -0.1) is 0 Å². The summed E-state index contributed by atoms with van der Waals surface area (Å²) in [5, 5.41) is 8.83. The second-order valence-corrected chi connectivity index (χ2v) is 7.67. The van der Waals surface area contributed by atoms with Crippen LogP contribution in [0.5, 0.6) is 5.75 Å². The number of carbonyl (C=O) groups is 2. The van der Waals surface area contributed by atoms with E-state index in [1.807, 2.05) is 68.4 Å². The summed E-state index contributed by atoms with van der Waals surface area (Å²) in [6, 6.07) is 22.0. The number of rotatable bonds is 9. The van der Waals surface area contributed by atoms with Gasteiger partial charge in [-0.1, -0.05) is 30.7 Å². The molecule has 6 nitrogen and oxygen atoms in total. The quantitative estimate of drug-likeness (QED) is 0.419. The van der Waals surface area contributed by atoms with Crippen molar-refractivity contribution in [2.24, 2.45) is 0 Å². The Morgan fingerprint density at radius 2 is 1.59 bits per heavy atom. The molecule has 0 spiro atoms. The van der Waals surface area contributed by atoms with E-state index < -0.39 is 0 Å².